The van der Waals surface area contributed by atoms with E-state index in [1.165, 1.54) is 18.7 Å². The van der Waals surface area contributed by atoms with Gasteiger partial charge < -0.3 is 4.74 Å². The Balaban J connectivity index is 2.25. The van der Waals surface area contributed by atoms with E-state index in [-0.39, 0.29) is 5.97 Å². The van der Waals surface area contributed by atoms with Gasteiger partial charge in [0.15, 0.2) is 5.76 Å². The summed E-state index contributed by atoms with van der Waals surface area (Å²) in [6.07, 6.45) is 1.56. The van der Waals surface area contributed by atoms with E-state index < -0.39 is 0 Å². The van der Waals surface area contributed by atoms with Gasteiger partial charge in [0.2, 0.25) is 0 Å². The Morgan fingerprint density at radius 1 is 1.40 bits per heavy atom. The van der Waals surface area contributed by atoms with Crippen LogP contribution in [0, 0.1) is 0 Å². The number of benzene rings is 1. The third-order valence-electron chi connectivity index (χ3n) is 1.76. The molecule has 0 aromatic heterocycles. The van der Waals surface area contributed by atoms with Crippen LogP contribution in [0.3, 0.4) is 0 Å². The number of hydrogen-bond donors (Lipinski definition) is 0. The molecule has 0 bridgehead atoms. The molecule has 0 unspecified atom stereocenters. The van der Waals surface area contributed by atoms with Crippen molar-refractivity contribution in [3.05, 3.63) is 35.4 Å². The molecular weight excluding hydrogens is 210 g/mol. The number of allylic oxidation sites excluding steroid dienone is 1. The van der Waals surface area contributed by atoms with Gasteiger partial charge in [0.1, 0.15) is 0 Å². The highest BCUT2D eigenvalue weighted by Gasteiger charge is 2.06. The first-order valence-electron chi connectivity index (χ1n) is 4.44. The summed E-state index contributed by atoms with van der Waals surface area (Å²) in [5.41, 5.74) is 0.890. The van der Waals surface area contributed by atoms with Crippen molar-refractivity contribution in [2.24, 2.45) is 4.99 Å². The van der Waals surface area contributed by atoms with Gasteiger partial charge in [-0.15, -0.1) is 0 Å². The summed E-state index contributed by atoms with van der Waals surface area (Å²) >= 11 is 1.50. The van der Waals surface area contributed by atoms with Gasteiger partial charge in [0.05, 0.1) is 11.9 Å². The molecule has 0 spiro atoms. The van der Waals surface area contributed by atoms with Crippen molar-refractivity contribution in [1.82, 2.24) is 0 Å². The smallest absolute Gasteiger partial charge is 0.308 e. The van der Waals surface area contributed by atoms with Gasteiger partial charge in [0, 0.05) is 17.2 Å². The van der Waals surface area contributed by atoms with Gasteiger partial charge in [-0.05, 0) is 12.1 Å². The zero-order chi connectivity index (χ0) is 10.7. The Hall–Kier alpha value is -1.55. The van der Waals surface area contributed by atoms with E-state index in [1.54, 1.807) is 11.6 Å². The maximum Gasteiger partial charge on any atom is 0.308 e. The lowest BCUT2D eigenvalue weighted by molar-refractivity contribution is -0.136. The predicted molar refractivity (Wildman–Crippen MR) is 60.3 cm³/mol. The Labute approximate surface area is 91.9 Å². The number of esters is 1. The predicted octanol–water partition coefficient (Wildman–Crippen LogP) is 2.90. The minimum atomic E-state index is -0.334. The van der Waals surface area contributed by atoms with Crippen molar-refractivity contribution in [3.63, 3.8) is 0 Å². The number of carbonyl (C=O) groups excluding carboxylic acids is 1. The molecule has 1 aliphatic heterocycles. The van der Waals surface area contributed by atoms with E-state index in [4.69, 9.17) is 4.74 Å². The van der Waals surface area contributed by atoms with Gasteiger partial charge in [-0.3, -0.25) is 9.79 Å². The lowest BCUT2D eigenvalue weighted by Crippen LogP contribution is -1.98. The average Bonchev–Trinajstić information content (AvgIpc) is 2.41. The Bertz CT molecular complexity index is 452. The van der Waals surface area contributed by atoms with Crippen LogP contribution in [0.1, 0.15) is 6.92 Å². The summed E-state index contributed by atoms with van der Waals surface area (Å²) in [4.78, 5) is 16.0. The zero-order valence-electron chi connectivity index (χ0n) is 8.14. The molecule has 2 rings (SSSR count). The standard InChI is InChI=1S/C11H9NO2S/c1-8(13)14-9-6-12-10-4-2-3-5-11(10)15-7-9/h2-7H,1H3. The summed E-state index contributed by atoms with van der Waals surface area (Å²) < 4.78 is 4.95. The number of thioether (sulfide) groups is 1. The van der Waals surface area contributed by atoms with Gasteiger partial charge >= 0.3 is 5.97 Å². The highest BCUT2D eigenvalue weighted by atomic mass is 32.2. The van der Waals surface area contributed by atoms with E-state index in [1.807, 2.05) is 24.3 Å². The molecule has 0 fully saturated rings. The monoisotopic (exact) mass is 219 g/mol. The van der Waals surface area contributed by atoms with Gasteiger partial charge in [-0.1, -0.05) is 23.9 Å². The SMILES string of the molecule is CC(=O)OC1=CSc2ccccc2N=C1. The minimum absolute atomic E-state index is 0.334. The van der Waals surface area contributed by atoms with Gasteiger partial charge in [0.25, 0.3) is 0 Å². The van der Waals surface area contributed by atoms with Gasteiger partial charge in [-0.2, -0.15) is 0 Å². The number of para-hydroxylation sites is 1. The fourth-order valence-corrected chi connectivity index (χ4v) is 1.92. The Morgan fingerprint density at radius 3 is 3.00 bits per heavy atom. The van der Waals surface area contributed by atoms with Crippen LogP contribution in [-0.2, 0) is 9.53 Å². The van der Waals surface area contributed by atoms with Crippen molar-refractivity contribution >= 4 is 29.6 Å². The first-order valence-corrected chi connectivity index (χ1v) is 5.32. The highest BCUT2D eigenvalue weighted by molar-refractivity contribution is 8.02. The molecule has 1 aromatic rings. The van der Waals surface area contributed by atoms with Crippen LogP contribution in [0.2, 0.25) is 0 Å². The summed E-state index contributed by atoms with van der Waals surface area (Å²) in [6, 6.07) is 7.77. The maximum absolute atomic E-state index is 10.8. The second-order valence-electron chi connectivity index (χ2n) is 2.96. The number of ether oxygens (including phenoxy) is 1. The molecule has 0 N–H and O–H groups in total. The number of hydrogen-bond acceptors (Lipinski definition) is 4. The molecule has 4 heteroatoms. The molecule has 76 valence electrons. The minimum Gasteiger partial charge on any atom is -0.425 e. The van der Waals surface area contributed by atoms with Crippen LogP contribution in [0.25, 0.3) is 0 Å². The van der Waals surface area contributed by atoms with E-state index >= 15 is 0 Å². The van der Waals surface area contributed by atoms with Crippen LogP contribution in [0.4, 0.5) is 5.69 Å². The van der Waals surface area contributed by atoms with Crippen LogP contribution < -0.4 is 0 Å². The van der Waals surface area contributed by atoms with Crippen molar-refractivity contribution in [2.75, 3.05) is 0 Å². The van der Waals surface area contributed by atoms with E-state index in [0.29, 0.717) is 5.76 Å². The first kappa shape index (κ1) is 9.98. The second-order valence-corrected chi connectivity index (χ2v) is 3.87. The number of nitrogens with zero attached hydrogens (tertiary/aromatic N) is 1. The summed E-state index contributed by atoms with van der Waals surface area (Å²) in [6.45, 7) is 1.37. The molecule has 0 atom stereocenters. The second kappa shape index (κ2) is 4.31. The van der Waals surface area contributed by atoms with Gasteiger partial charge in [-0.25, -0.2) is 0 Å². The van der Waals surface area contributed by atoms with Crippen molar-refractivity contribution < 1.29 is 9.53 Å². The first-order chi connectivity index (χ1) is 7.25. The lowest BCUT2D eigenvalue weighted by atomic mass is 10.3. The molecule has 0 radical (unpaired) electrons. The quantitative estimate of drug-likeness (QED) is 0.682. The Morgan fingerprint density at radius 2 is 2.20 bits per heavy atom. The molecular formula is C11H9NO2S. The number of aliphatic imine (C=N–C) groups is 1. The summed E-state index contributed by atoms with van der Waals surface area (Å²) in [5, 5.41) is 1.77. The number of fused-ring (bicyclic) bond motifs is 1. The summed E-state index contributed by atoms with van der Waals surface area (Å²) in [7, 11) is 0. The highest BCUT2D eigenvalue weighted by Crippen LogP contribution is 2.32. The molecule has 0 aliphatic carbocycles. The summed E-state index contributed by atoms with van der Waals surface area (Å²) in [5.74, 6) is 0.142. The van der Waals surface area contributed by atoms with Crippen LogP contribution >= 0.6 is 11.8 Å². The van der Waals surface area contributed by atoms with E-state index in [2.05, 4.69) is 4.99 Å². The van der Waals surface area contributed by atoms with Crippen LogP contribution in [-0.4, -0.2) is 12.2 Å². The molecule has 0 saturated carbocycles. The maximum atomic E-state index is 10.8. The van der Waals surface area contributed by atoms with Crippen molar-refractivity contribution in [2.45, 2.75) is 11.8 Å². The van der Waals surface area contributed by atoms with E-state index in [0.717, 1.165) is 10.6 Å². The van der Waals surface area contributed by atoms with Crippen LogP contribution in [0.15, 0.2) is 45.3 Å². The molecule has 0 saturated heterocycles. The number of rotatable bonds is 1. The average molecular weight is 219 g/mol. The third kappa shape index (κ3) is 2.47. The normalized spacial score (nSPS) is 13.8. The van der Waals surface area contributed by atoms with E-state index in [9.17, 15) is 4.79 Å². The molecule has 15 heavy (non-hydrogen) atoms. The zero-order valence-corrected chi connectivity index (χ0v) is 8.95. The molecule has 1 aliphatic rings. The molecule has 1 aromatic carbocycles. The largest absolute Gasteiger partial charge is 0.425 e. The third-order valence-corrected chi connectivity index (χ3v) is 2.71. The fourth-order valence-electron chi connectivity index (χ4n) is 1.17. The fraction of sp³-hybridized carbons (Fsp3) is 0.0909. The Kier molecular flexibility index (Phi) is 2.87. The van der Waals surface area contributed by atoms with Crippen molar-refractivity contribution in [1.29, 1.82) is 0 Å². The molecule has 0 amide bonds. The molecule has 1 heterocycles. The number of carbonyl (C=O) groups is 1. The molecule has 3 nitrogen and oxygen atoms in total. The lowest BCUT2D eigenvalue weighted by Gasteiger charge is -1.98. The van der Waals surface area contributed by atoms with Crippen molar-refractivity contribution in [3.8, 4) is 0 Å². The topological polar surface area (TPSA) is 38.7 Å². The van der Waals surface area contributed by atoms with Crippen LogP contribution in [0.5, 0.6) is 0 Å².